The van der Waals surface area contributed by atoms with Crippen molar-refractivity contribution < 1.29 is 4.74 Å². The Morgan fingerprint density at radius 3 is 2.31 bits per heavy atom. The second kappa shape index (κ2) is 10.8. The highest BCUT2D eigenvalue weighted by Gasteiger charge is 2.40. The van der Waals surface area contributed by atoms with Crippen molar-refractivity contribution in [3.8, 4) is 5.75 Å². The average molecular weight is 443 g/mol. The van der Waals surface area contributed by atoms with Crippen LogP contribution in [0.3, 0.4) is 0 Å². The summed E-state index contributed by atoms with van der Waals surface area (Å²) in [5, 5.41) is 3.81. The highest BCUT2D eigenvalue weighted by atomic mass is 16.5. The SMILES string of the molecule is CN=C(NCC1(N2CCCCC2)CCN(C)CC1)N1CCN(c2ccccc2OC)CC1. The molecule has 0 amide bonds. The molecule has 0 atom stereocenters. The number of ether oxygens (including phenoxy) is 1. The largest absolute Gasteiger partial charge is 0.495 e. The number of guanidine groups is 1. The number of rotatable bonds is 5. The first-order valence-corrected chi connectivity index (χ1v) is 12.4. The Labute approximate surface area is 194 Å². The van der Waals surface area contributed by atoms with Crippen molar-refractivity contribution in [1.29, 1.82) is 0 Å². The topological polar surface area (TPSA) is 46.6 Å². The molecule has 4 rings (SSSR count). The minimum absolute atomic E-state index is 0.266. The molecule has 0 aromatic heterocycles. The first-order chi connectivity index (χ1) is 15.6. The third kappa shape index (κ3) is 5.15. The second-order valence-electron chi connectivity index (χ2n) is 9.62. The molecule has 3 heterocycles. The molecule has 1 N–H and O–H groups in total. The van der Waals surface area contributed by atoms with Gasteiger partial charge in [-0.05, 0) is 71.0 Å². The van der Waals surface area contributed by atoms with Crippen molar-refractivity contribution in [3.05, 3.63) is 24.3 Å². The van der Waals surface area contributed by atoms with E-state index >= 15 is 0 Å². The van der Waals surface area contributed by atoms with Gasteiger partial charge in [-0.1, -0.05) is 18.6 Å². The van der Waals surface area contributed by atoms with Gasteiger partial charge in [0.05, 0.1) is 12.8 Å². The van der Waals surface area contributed by atoms with Crippen LogP contribution in [-0.4, -0.2) is 106 Å². The summed E-state index contributed by atoms with van der Waals surface area (Å²) in [6.07, 6.45) is 6.57. The van der Waals surface area contributed by atoms with Gasteiger partial charge in [-0.3, -0.25) is 9.89 Å². The molecule has 3 aliphatic heterocycles. The van der Waals surface area contributed by atoms with Crippen molar-refractivity contribution in [2.24, 2.45) is 4.99 Å². The number of likely N-dealkylation sites (tertiary alicyclic amines) is 2. The Hall–Kier alpha value is -1.99. The molecule has 0 spiro atoms. The van der Waals surface area contributed by atoms with Gasteiger partial charge in [0.15, 0.2) is 5.96 Å². The van der Waals surface area contributed by atoms with Crippen molar-refractivity contribution >= 4 is 11.6 Å². The number of nitrogens with zero attached hydrogens (tertiary/aromatic N) is 5. The predicted molar refractivity (Wildman–Crippen MR) is 133 cm³/mol. The van der Waals surface area contributed by atoms with Crippen LogP contribution in [0.25, 0.3) is 0 Å². The zero-order valence-electron chi connectivity index (χ0n) is 20.4. The summed E-state index contributed by atoms with van der Waals surface area (Å²) in [6, 6.07) is 8.33. The first kappa shape index (κ1) is 23.2. The number of hydrogen-bond acceptors (Lipinski definition) is 5. The quantitative estimate of drug-likeness (QED) is 0.558. The third-order valence-corrected chi connectivity index (χ3v) is 7.74. The molecule has 0 aliphatic carbocycles. The minimum Gasteiger partial charge on any atom is -0.495 e. The highest BCUT2D eigenvalue weighted by Crippen LogP contribution is 2.31. The minimum atomic E-state index is 0.266. The number of piperazine rings is 1. The van der Waals surface area contributed by atoms with Crippen LogP contribution < -0.4 is 15.0 Å². The normalized spacial score (nSPS) is 23.3. The molecule has 3 aliphatic rings. The van der Waals surface area contributed by atoms with Crippen molar-refractivity contribution in [2.45, 2.75) is 37.6 Å². The number of anilines is 1. The standard InChI is InChI=1S/C25H42N6O/c1-26-24(30-19-17-29(18-20-30)22-9-5-6-10-23(22)32-3)27-21-25(11-15-28(2)16-12-25)31-13-7-4-8-14-31/h5-6,9-10H,4,7-8,11-21H2,1-3H3,(H,26,27). The van der Waals surface area contributed by atoms with E-state index in [1.807, 2.05) is 19.2 Å². The lowest BCUT2D eigenvalue weighted by molar-refractivity contribution is 0.0169. The van der Waals surface area contributed by atoms with Gasteiger partial charge < -0.3 is 24.8 Å². The van der Waals surface area contributed by atoms with Crippen molar-refractivity contribution in [1.82, 2.24) is 20.0 Å². The monoisotopic (exact) mass is 442 g/mol. The fourth-order valence-corrected chi connectivity index (χ4v) is 5.63. The summed E-state index contributed by atoms with van der Waals surface area (Å²) in [4.78, 5) is 14.8. The zero-order valence-corrected chi connectivity index (χ0v) is 20.4. The summed E-state index contributed by atoms with van der Waals surface area (Å²) >= 11 is 0. The van der Waals surface area contributed by atoms with E-state index in [0.29, 0.717) is 0 Å². The first-order valence-electron chi connectivity index (χ1n) is 12.4. The van der Waals surface area contributed by atoms with Gasteiger partial charge in [0.25, 0.3) is 0 Å². The molecular weight excluding hydrogens is 400 g/mol. The van der Waals surface area contributed by atoms with Crippen LogP contribution in [0.4, 0.5) is 5.69 Å². The summed E-state index contributed by atoms with van der Waals surface area (Å²) in [6.45, 7) is 9.77. The second-order valence-corrected chi connectivity index (χ2v) is 9.62. The number of para-hydroxylation sites is 2. The van der Waals surface area contributed by atoms with Crippen LogP contribution in [0.15, 0.2) is 29.3 Å². The van der Waals surface area contributed by atoms with Gasteiger partial charge in [-0.15, -0.1) is 0 Å². The molecule has 0 bridgehead atoms. The Kier molecular flexibility index (Phi) is 7.79. The Morgan fingerprint density at radius 1 is 0.969 bits per heavy atom. The van der Waals surface area contributed by atoms with Gasteiger partial charge >= 0.3 is 0 Å². The number of aliphatic imine (C=N–C) groups is 1. The van der Waals surface area contributed by atoms with E-state index in [1.54, 1.807) is 7.11 Å². The molecule has 0 unspecified atom stereocenters. The van der Waals surface area contributed by atoms with E-state index < -0.39 is 0 Å². The van der Waals surface area contributed by atoms with E-state index in [4.69, 9.17) is 4.74 Å². The van der Waals surface area contributed by atoms with E-state index in [1.165, 1.54) is 64.0 Å². The third-order valence-electron chi connectivity index (χ3n) is 7.74. The fraction of sp³-hybridized carbons (Fsp3) is 0.720. The maximum Gasteiger partial charge on any atom is 0.193 e. The summed E-state index contributed by atoms with van der Waals surface area (Å²) in [7, 11) is 5.94. The molecule has 1 aromatic rings. The molecule has 7 nitrogen and oxygen atoms in total. The lowest BCUT2D eigenvalue weighted by atomic mass is 9.84. The molecule has 32 heavy (non-hydrogen) atoms. The molecule has 178 valence electrons. The molecule has 3 fully saturated rings. The maximum absolute atomic E-state index is 5.58. The van der Waals surface area contributed by atoms with Gasteiger partial charge in [0, 0.05) is 45.3 Å². The number of nitrogens with one attached hydrogen (secondary N) is 1. The molecule has 0 saturated carbocycles. The fourth-order valence-electron chi connectivity index (χ4n) is 5.63. The summed E-state index contributed by atoms with van der Waals surface area (Å²) in [5.74, 6) is 2.01. The molecular formula is C25H42N6O. The molecule has 0 radical (unpaired) electrons. The Bertz CT molecular complexity index is 747. The Balaban J connectivity index is 1.37. The summed E-state index contributed by atoms with van der Waals surface area (Å²) < 4.78 is 5.58. The Morgan fingerprint density at radius 2 is 1.66 bits per heavy atom. The maximum atomic E-state index is 5.58. The van der Waals surface area contributed by atoms with E-state index in [9.17, 15) is 0 Å². The van der Waals surface area contributed by atoms with E-state index in [0.717, 1.165) is 44.4 Å². The van der Waals surface area contributed by atoms with E-state index in [-0.39, 0.29) is 5.54 Å². The van der Waals surface area contributed by atoms with Crippen LogP contribution >= 0.6 is 0 Å². The predicted octanol–water partition coefficient (Wildman–Crippen LogP) is 2.34. The zero-order chi connectivity index (χ0) is 22.4. The lowest BCUT2D eigenvalue weighted by Crippen LogP contribution is -2.63. The number of benzene rings is 1. The van der Waals surface area contributed by atoms with Crippen LogP contribution in [-0.2, 0) is 0 Å². The number of hydrogen-bond donors (Lipinski definition) is 1. The highest BCUT2D eigenvalue weighted by molar-refractivity contribution is 5.80. The van der Waals surface area contributed by atoms with Gasteiger partial charge in [0.1, 0.15) is 5.75 Å². The van der Waals surface area contributed by atoms with Crippen molar-refractivity contribution in [3.63, 3.8) is 0 Å². The molecule has 3 saturated heterocycles. The molecule has 1 aromatic carbocycles. The smallest absolute Gasteiger partial charge is 0.193 e. The number of methoxy groups -OCH3 is 1. The molecule has 7 heteroatoms. The number of piperidine rings is 2. The van der Waals surface area contributed by atoms with Crippen LogP contribution in [0.5, 0.6) is 5.75 Å². The van der Waals surface area contributed by atoms with Crippen molar-refractivity contribution in [2.75, 3.05) is 85.0 Å². The van der Waals surface area contributed by atoms with Gasteiger partial charge in [-0.25, -0.2) is 0 Å². The summed E-state index contributed by atoms with van der Waals surface area (Å²) in [5.41, 5.74) is 1.45. The van der Waals surface area contributed by atoms with Crippen LogP contribution in [0, 0.1) is 0 Å². The lowest BCUT2D eigenvalue weighted by Gasteiger charge is -2.50. The van der Waals surface area contributed by atoms with Crippen LogP contribution in [0.2, 0.25) is 0 Å². The van der Waals surface area contributed by atoms with Gasteiger partial charge in [0.2, 0.25) is 0 Å². The van der Waals surface area contributed by atoms with Crippen LogP contribution in [0.1, 0.15) is 32.1 Å². The van der Waals surface area contributed by atoms with E-state index in [2.05, 4.69) is 49.1 Å². The van der Waals surface area contributed by atoms with Gasteiger partial charge in [-0.2, -0.15) is 0 Å². The average Bonchev–Trinajstić information content (AvgIpc) is 2.86.